The number of nitrogens with two attached hydrogens (primary N) is 2. The molecule has 1 fully saturated rings. The predicted molar refractivity (Wildman–Crippen MR) is 70.5 cm³/mol. The summed E-state index contributed by atoms with van der Waals surface area (Å²) in [6.45, 7) is 4.21. The Morgan fingerprint density at radius 2 is 2.06 bits per heavy atom. The van der Waals surface area contributed by atoms with Crippen LogP contribution in [-0.4, -0.2) is 29.5 Å². The molecular weight excluding hydrogens is 212 g/mol. The van der Waals surface area contributed by atoms with Crippen molar-refractivity contribution in [1.82, 2.24) is 4.90 Å². The van der Waals surface area contributed by atoms with E-state index in [0.717, 1.165) is 19.5 Å². The van der Waals surface area contributed by atoms with E-state index in [0.29, 0.717) is 6.04 Å². The van der Waals surface area contributed by atoms with Crippen molar-refractivity contribution in [2.24, 2.45) is 16.5 Å². The van der Waals surface area contributed by atoms with Crippen molar-refractivity contribution in [3.63, 3.8) is 0 Å². The summed E-state index contributed by atoms with van der Waals surface area (Å²) >= 11 is 0. The van der Waals surface area contributed by atoms with Crippen LogP contribution in [0.25, 0.3) is 0 Å². The van der Waals surface area contributed by atoms with Gasteiger partial charge < -0.3 is 11.5 Å². The van der Waals surface area contributed by atoms with Crippen LogP contribution in [-0.2, 0) is 6.54 Å². The third-order valence-electron chi connectivity index (χ3n) is 3.39. The number of hydrogen-bond donors (Lipinski definition) is 2. The molecule has 0 radical (unpaired) electrons. The molecule has 1 aliphatic rings. The minimum absolute atomic E-state index is 0.198. The van der Waals surface area contributed by atoms with Crippen LogP contribution in [0.5, 0.6) is 0 Å². The van der Waals surface area contributed by atoms with Crippen molar-refractivity contribution in [3.8, 4) is 0 Å². The average molecular weight is 232 g/mol. The maximum atomic E-state index is 5.44. The molecule has 2 rings (SSSR count). The zero-order valence-corrected chi connectivity index (χ0v) is 10.2. The Labute approximate surface area is 102 Å². The second-order valence-corrected chi connectivity index (χ2v) is 4.61. The minimum atomic E-state index is 0.198. The van der Waals surface area contributed by atoms with Crippen LogP contribution in [0.15, 0.2) is 35.3 Å². The average Bonchev–Trinajstić information content (AvgIpc) is 2.62. The Bertz CT molecular complexity index is 384. The van der Waals surface area contributed by atoms with Gasteiger partial charge in [0, 0.05) is 19.1 Å². The first-order valence-corrected chi connectivity index (χ1v) is 6.03. The molecule has 92 valence electrons. The third kappa shape index (κ3) is 2.97. The second-order valence-electron chi connectivity index (χ2n) is 4.61. The van der Waals surface area contributed by atoms with Crippen LogP contribution < -0.4 is 11.5 Å². The largest absolute Gasteiger partial charge is 0.370 e. The van der Waals surface area contributed by atoms with Crippen LogP contribution in [0.1, 0.15) is 18.9 Å². The van der Waals surface area contributed by atoms with E-state index in [1.54, 1.807) is 0 Å². The minimum Gasteiger partial charge on any atom is -0.370 e. The highest BCUT2D eigenvalue weighted by atomic mass is 15.2. The summed E-state index contributed by atoms with van der Waals surface area (Å²) in [4.78, 5) is 6.70. The zero-order chi connectivity index (χ0) is 12.3. The van der Waals surface area contributed by atoms with E-state index in [-0.39, 0.29) is 12.0 Å². The molecule has 0 bridgehead atoms. The van der Waals surface area contributed by atoms with Gasteiger partial charge in [-0.1, -0.05) is 30.3 Å². The fraction of sp³-hybridized carbons (Fsp3) is 0.462. The number of benzene rings is 1. The summed E-state index contributed by atoms with van der Waals surface area (Å²) < 4.78 is 0. The van der Waals surface area contributed by atoms with E-state index in [2.05, 4.69) is 41.1 Å². The standard InChI is InChI=1S/C13H20N4/c1-10-12(16-13(14)15)7-8-17(10)9-11-5-3-2-4-6-11/h2-6,10,12H,7-9H2,1H3,(H4,14,15,16). The lowest BCUT2D eigenvalue weighted by Crippen LogP contribution is -2.33. The molecule has 0 saturated carbocycles. The second kappa shape index (κ2) is 5.19. The number of likely N-dealkylation sites (tertiary alicyclic amines) is 1. The van der Waals surface area contributed by atoms with Crippen LogP contribution in [0.2, 0.25) is 0 Å². The first kappa shape index (κ1) is 11.9. The molecular formula is C13H20N4. The fourth-order valence-electron chi connectivity index (χ4n) is 2.39. The van der Waals surface area contributed by atoms with Crippen LogP contribution in [0.4, 0.5) is 0 Å². The molecule has 1 saturated heterocycles. The Balaban J connectivity index is 1.98. The molecule has 1 aromatic carbocycles. The molecule has 17 heavy (non-hydrogen) atoms. The van der Waals surface area contributed by atoms with Crippen molar-refractivity contribution >= 4 is 5.96 Å². The van der Waals surface area contributed by atoms with Gasteiger partial charge in [-0.25, -0.2) is 4.99 Å². The first-order chi connectivity index (χ1) is 8.16. The van der Waals surface area contributed by atoms with Gasteiger partial charge in [-0.3, -0.25) is 4.90 Å². The Morgan fingerprint density at radius 3 is 2.71 bits per heavy atom. The number of guanidine groups is 1. The lowest BCUT2D eigenvalue weighted by molar-refractivity contribution is 0.252. The lowest BCUT2D eigenvalue weighted by Gasteiger charge is -2.22. The Hall–Kier alpha value is -1.55. The van der Waals surface area contributed by atoms with Crippen LogP contribution in [0.3, 0.4) is 0 Å². The molecule has 0 aliphatic carbocycles. The highest BCUT2D eigenvalue weighted by Crippen LogP contribution is 2.22. The van der Waals surface area contributed by atoms with Gasteiger partial charge in [0.1, 0.15) is 0 Å². The summed E-state index contributed by atoms with van der Waals surface area (Å²) in [5, 5.41) is 0. The van der Waals surface area contributed by atoms with Crippen LogP contribution in [0, 0.1) is 0 Å². The molecule has 4 N–H and O–H groups in total. The number of rotatable bonds is 3. The van der Waals surface area contributed by atoms with Gasteiger partial charge in [-0.05, 0) is 18.9 Å². The summed E-state index contributed by atoms with van der Waals surface area (Å²) in [7, 11) is 0. The molecule has 2 unspecified atom stereocenters. The summed E-state index contributed by atoms with van der Waals surface area (Å²) in [6.07, 6.45) is 1.03. The van der Waals surface area contributed by atoms with Gasteiger partial charge in [-0.15, -0.1) is 0 Å². The monoisotopic (exact) mass is 232 g/mol. The summed E-state index contributed by atoms with van der Waals surface area (Å²) in [6, 6.07) is 11.1. The molecule has 1 aromatic rings. The summed E-state index contributed by atoms with van der Waals surface area (Å²) in [5.41, 5.74) is 12.2. The summed E-state index contributed by atoms with van der Waals surface area (Å²) in [5.74, 6) is 0.198. The lowest BCUT2D eigenvalue weighted by atomic mass is 10.1. The first-order valence-electron chi connectivity index (χ1n) is 6.03. The van der Waals surface area contributed by atoms with Gasteiger partial charge in [0.2, 0.25) is 0 Å². The highest BCUT2D eigenvalue weighted by molar-refractivity contribution is 5.75. The van der Waals surface area contributed by atoms with Crippen molar-refractivity contribution in [2.45, 2.75) is 32.0 Å². The third-order valence-corrected chi connectivity index (χ3v) is 3.39. The molecule has 1 heterocycles. The quantitative estimate of drug-likeness (QED) is 0.601. The molecule has 0 aromatic heterocycles. The fourth-order valence-corrected chi connectivity index (χ4v) is 2.39. The zero-order valence-electron chi connectivity index (χ0n) is 10.2. The molecule has 1 aliphatic heterocycles. The SMILES string of the molecule is CC1C(N=C(N)N)CCN1Cc1ccccc1. The van der Waals surface area contributed by atoms with E-state index < -0.39 is 0 Å². The Morgan fingerprint density at radius 1 is 1.35 bits per heavy atom. The van der Waals surface area contributed by atoms with Crippen molar-refractivity contribution in [3.05, 3.63) is 35.9 Å². The number of hydrogen-bond acceptors (Lipinski definition) is 2. The van der Waals surface area contributed by atoms with Gasteiger partial charge in [-0.2, -0.15) is 0 Å². The van der Waals surface area contributed by atoms with Gasteiger partial charge in [0.15, 0.2) is 5.96 Å². The van der Waals surface area contributed by atoms with Gasteiger partial charge in [0.05, 0.1) is 6.04 Å². The Kier molecular flexibility index (Phi) is 3.64. The van der Waals surface area contributed by atoms with E-state index in [4.69, 9.17) is 11.5 Å². The normalized spacial score (nSPS) is 24.8. The van der Waals surface area contributed by atoms with Crippen LogP contribution >= 0.6 is 0 Å². The molecule has 0 spiro atoms. The van der Waals surface area contributed by atoms with Gasteiger partial charge >= 0.3 is 0 Å². The van der Waals surface area contributed by atoms with Crippen molar-refractivity contribution in [1.29, 1.82) is 0 Å². The molecule has 4 nitrogen and oxygen atoms in total. The van der Waals surface area contributed by atoms with E-state index in [9.17, 15) is 0 Å². The highest BCUT2D eigenvalue weighted by Gasteiger charge is 2.30. The van der Waals surface area contributed by atoms with E-state index in [1.807, 2.05) is 6.07 Å². The topological polar surface area (TPSA) is 67.6 Å². The van der Waals surface area contributed by atoms with Gasteiger partial charge in [0.25, 0.3) is 0 Å². The van der Waals surface area contributed by atoms with E-state index >= 15 is 0 Å². The molecule has 0 amide bonds. The maximum Gasteiger partial charge on any atom is 0.186 e. The van der Waals surface area contributed by atoms with Crippen molar-refractivity contribution in [2.75, 3.05) is 6.54 Å². The molecule has 2 atom stereocenters. The van der Waals surface area contributed by atoms with Crippen molar-refractivity contribution < 1.29 is 0 Å². The van der Waals surface area contributed by atoms with E-state index in [1.165, 1.54) is 5.56 Å². The molecule has 4 heteroatoms. The predicted octanol–water partition coefficient (Wildman–Crippen LogP) is 0.923. The number of aliphatic imine (C=N–C) groups is 1. The maximum absolute atomic E-state index is 5.44. The smallest absolute Gasteiger partial charge is 0.186 e. The number of nitrogens with zero attached hydrogens (tertiary/aromatic N) is 2.